The third-order valence-corrected chi connectivity index (χ3v) is 3.15. The second kappa shape index (κ2) is 3.81. The molecule has 5 nitrogen and oxygen atoms in total. The minimum absolute atomic E-state index is 0.119. The molecular weight excluding hydrogens is 204 g/mol. The van der Waals surface area contributed by atoms with Crippen molar-refractivity contribution in [2.75, 3.05) is 5.73 Å². The van der Waals surface area contributed by atoms with Gasteiger partial charge in [0, 0.05) is 12.1 Å². The number of carbonyl (C=O) groups excluding carboxylic acids is 1. The molecule has 1 aromatic rings. The summed E-state index contributed by atoms with van der Waals surface area (Å²) in [5.41, 5.74) is 6.22. The van der Waals surface area contributed by atoms with E-state index in [4.69, 9.17) is 5.73 Å². The molecular formula is C11H18N4O. The molecule has 4 N–H and O–H groups in total. The van der Waals surface area contributed by atoms with Crippen molar-refractivity contribution in [3.05, 3.63) is 11.8 Å². The number of hydrogen-bond donors (Lipinski definition) is 3. The van der Waals surface area contributed by atoms with Crippen LogP contribution in [0.2, 0.25) is 0 Å². The predicted octanol–water partition coefficient (Wildman–Crippen LogP) is 1.30. The molecule has 0 radical (unpaired) electrons. The predicted molar refractivity (Wildman–Crippen MR) is 61.9 cm³/mol. The van der Waals surface area contributed by atoms with Gasteiger partial charge in [0.2, 0.25) is 0 Å². The summed E-state index contributed by atoms with van der Waals surface area (Å²) < 4.78 is 0. The maximum Gasteiger partial charge on any atom is 0.269 e. The van der Waals surface area contributed by atoms with E-state index in [2.05, 4.69) is 29.4 Å². The molecule has 1 fully saturated rings. The molecule has 1 aliphatic carbocycles. The first-order valence-corrected chi connectivity index (χ1v) is 5.58. The topological polar surface area (TPSA) is 83.8 Å². The molecule has 0 aromatic carbocycles. The fourth-order valence-electron chi connectivity index (χ4n) is 2.28. The van der Waals surface area contributed by atoms with Crippen molar-refractivity contribution in [2.24, 2.45) is 5.41 Å². The van der Waals surface area contributed by atoms with Crippen LogP contribution in [-0.4, -0.2) is 22.1 Å². The van der Waals surface area contributed by atoms with Crippen molar-refractivity contribution in [3.8, 4) is 0 Å². The van der Waals surface area contributed by atoms with Crippen LogP contribution in [0, 0.1) is 5.41 Å². The van der Waals surface area contributed by atoms with Gasteiger partial charge >= 0.3 is 0 Å². The minimum Gasteiger partial charge on any atom is -0.382 e. The number of aromatic nitrogens is 2. The number of nitrogen functional groups attached to an aromatic ring is 1. The van der Waals surface area contributed by atoms with Crippen LogP contribution in [-0.2, 0) is 0 Å². The summed E-state index contributed by atoms with van der Waals surface area (Å²) in [6.07, 6.45) is 3.23. The first-order chi connectivity index (χ1) is 7.46. The van der Waals surface area contributed by atoms with Gasteiger partial charge in [0.1, 0.15) is 11.5 Å². The van der Waals surface area contributed by atoms with Crippen LogP contribution in [0.1, 0.15) is 43.6 Å². The molecule has 0 aliphatic heterocycles. The number of amides is 1. The molecule has 1 atom stereocenters. The van der Waals surface area contributed by atoms with Gasteiger partial charge in [-0.1, -0.05) is 13.8 Å². The Morgan fingerprint density at radius 1 is 1.69 bits per heavy atom. The van der Waals surface area contributed by atoms with Gasteiger partial charge in [0.25, 0.3) is 5.91 Å². The van der Waals surface area contributed by atoms with Crippen molar-refractivity contribution in [2.45, 2.75) is 39.2 Å². The van der Waals surface area contributed by atoms with Gasteiger partial charge in [-0.2, -0.15) is 5.10 Å². The second-order valence-electron chi connectivity index (χ2n) is 5.28. The summed E-state index contributed by atoms with van der Waals surface area (Å²) in [4.78, 5) is 11.8. The lowest BCUT2D eigenvalue weighted by molar-refractivity contribution is 0.0931. The van der Waals surface area contributed by atoms with Gasteiger partial charge in [-0.25, -0.2) is 0 Å². The van der Waals surface area contributed by atoms with Crippen molar-refractivity contribution in [3.63, 3.8) is 0 Å². The second-order valence-corrected chi connectivity index (χ2v) is 5.28. The van der Waals surface area contributed by atoms with Crippen LogP contribution in [0.4, 0.5) is 5.82 Å². The molecule has 0 saturated heterocycles. The van der Waals surface area contributed by atoms with Crippen molar-refractivity contribution < 1.29 is 4.79 Å². The van der Waals surface area contributed by atoms with E-state index in [1.165, 1.54) is 0 Å². The SMILES string of the molecule is CC1(C)CCC(NC(=O)c2cc(N)n[nH]2)C1. The Balaban J connectivity index is 1.94. The highest BCUT2D eigenvalue weighted by Crippen LogP contribution is 2.36. The molecule has 1 amide bonds. The molecule has 1 unspecified atom stereocenters. The minimum atomic E-state index is -0.119. The quantitative estimate of drug-likeness (QED) is 0.705. The third-order valence-electron chi connectivity index (χ3n) is 3.15. The molecule has 16 heavy (non-hydrogen) atoms. The lowest BCUT2D eigenvalue weighted by Crippen LogP contribution is -2.33. The van der Waals surface area contributed by atoms with Gasteiger partial charge in [-0.3, -0.25) is 9.89 Å². The first-order valence-electron chi connectivity index (χ1n) is 5.58. The fourth-order valence-corrected chi connectivity index (χ4v) is 2.28. The van der Waals surface area contributed by atoms with Crippen LogP contribution in [0.5, 0.6) is 0 Å². The Labute approximate surface area is 94.8 Å². The largest absolute Gasteiger partial charge is 0.382 e. The number of nitrogens with two attached hydrogens (primary N) is 1. The maximum absolute atomic E-state index is 11.8. The monoisotopic (exact) mass is 222 g/mol. The Hall–Kier alpha value is -1.52. The summed E-state index contributed by atoms with van der Waals surface area (Å²) in [7, 11) is 0. The number of rotatable bonds is 2. The van der Waals surface area contributed by atoms with Crippen LogP contribution in [0.3, 0.4) is 0 Å². The van der Waals surface area contributed by atoms with Crippen LogP contribution >= 0.6 is 0 Å². The number of aromatic amines is 1. The zero-order valence-electron chi connectivity index (χ0n) is 9.71. The van der Waals surface area contributed by atoms with Crippen molar-refractivity contribution in [1.82, 2.24) is 15.5 Å². The zero-order chi connectivity index (χ0) is 11.8. The Bertz CT molecular complexity index is 396. The lowest BCUT2D eigenvalue weighted by atomic mass is 9.92. The average Bonchev–Trinajstić information content (AvgIpc) is 2.73. The van der Waals surface area contributed by atoms with E-state index in [-0.39, 0.29) is 11.9 Å². The normalized spacial score (nSPS) is 23.2. The highest BCUT2D eigenvalue weighted by atomic mass is 16.2. The summed E-state index contributed by atoms with van der Waals surface area (Å²) >= 11 is 0. The molecule has 1 aromatic heterocycles. The molecule has 1 saturated carbocycles. The van der Waals surface area contributed by atoms with E-state index in [1.807, 2.05) is 0 Å². The molecule has 2 rings (SSSR count). The number of H-pyrrole nitrogens is 1. The molecule has 88 valence electrons. The lowest BCUT2D eigenvalue weighted by Gasteiger charge is -2.17. The van der Waals surface area contributed by atoms with E-state index in [1.54, 1.807) is 6.07 Å². The van der Waals surface area contributed by atoms with Gasteiger partial charge in [-0.15, -0.1) is 0 Å². The van der Waals surface area contributed by atoms with Crippen molar-refractivity contribution >= 4 is 11.7 Å². The maximum atomic E-state index is 11.8. The highest BCUT2D eigenvalue weighted by Gasteiger charge is 2.31. The van der Waals surface area contributed by atoms with Crippen LogP contribution in [0.25, 0.3) is 0 Å². The molecule has 1 heterocycles. The number of nitrogens with zero attached hydrogens (tertiary/aromatic N) is 1. The molecule has 1 aliphatic rings. The van der Waals surface area contributed by atoms with Gasteiger partial charge < -0.3 is 11.1 Å². The number of hydrogen-bond acceptors (Lipinski definition) is 3. The first kappa shape index (κ1) is 11.0. The van der Waals surface area contributed by atoms with Crippen LogP contribution in [0.15, 0.2) is 6.07 Å². The van der Waals surface area contributed by atoms with E-state index in [0.29, 0.717) is 16.9 Å². The van der Waals surface area contributed by atoms with Gasteiger partial charge in [0.05, 0.1) is 0 Å². The fraction of sp³-hybridized carbons (Fsp3) is 0.636. The van der Waals surface area contributed by atoms with E-state index >= 15 is 0 Å². The zero-order valence-corrected chi connectivity index (χ0v) is 9.71. The van der Waals surface area contributed by atoms with Crippen molar-refractivity contribution in [1.29, 1.82) is 0 Å². The number of anilines is 1. The third kappa shape index (κ3) is 2.35. The molecule has 5 heteroatoms. The molecule has 0 spiro atoms. The average molecular weight is 222 g/mol. The van der Waals surface area contributed by atoms with Gasteiger partial charge in [0.15, 0.2) is 0 Å². The summed E-state index contributed by atoms with van der Waals surface area (Å²) in [6.45, 7) is 4.46. The smallest absolute Gasteiger partial charge is 0.269 e. The van der Waals surface area contributed by atoms with E-state index < -0.39 is 0 Å². The molecule has 0 bridgehead atoms. The van der Waals surface area contributed by atoms with Crippen LogP contribution < -0.4 is 11.1 Å². The Morgan fingerprint density at radius 2 is 2.44 bits per heavy atom. The number of nitrogens with one attached hydrogen (secondary N) is 2. The van der Waals surface area contributed by atoms with E-state index in [9.17, 15) is 4.79 Å². The highest BCUT2D eigenvalue weighted by molar-refractivity contribution is 5.93. The standard InChI is InChI=1S/C11H18N4O/c1-11(2)4-3-7(6-11)13-10(16)8-5-9(12)15-14-8/h5,7H,3-4,6H2,1-2H3,(H,13,16)(H3,12,14,15). The number of carbonyl (C=O) groups is 1. The van der Waals surface area contributed by atoms with E-state index in [0.717, 1.165) is 19.3 Å². The summed E-state index contributed by atoms with van der Waals surface area (Å²) in [5.74, 6) is 0.226. The Kier molecular flexibility index (Phi) is 2.61. The Morgan fingerprint density at radius 3 is 2.94 bits per heavy atom. The van der Waals surface area contributed by atoms with Gasteiger partial charge in [-0.05, 0) is 24.7 Å². The summed E-state index contributed by atoms with van der Waals surface area (Å²) in [6, 6.07) is 1.82. The summed E-state index contributed by atoms with van der Waals surface area (Å²) in [5, 5.41) is 9.34.